The normalized spacial score (nSPS) is 28.2. The van der Waals surface area contributed by atoms with Gasteiger partial charge in [0.15, 0.2) is 5.69 Å². The van der Waals surface area contributed by atoms with Crippen LogP contribution in [0.4, 0.5) is 13.2 Å². The first-order valence-corrected chi connectivity index (χ1v) is 8.58. The van der Waals surface area contributed by atoms with Crippen LogP contribution in [0.2, 0.25) is 0 Å². The molecule has 0 radical (unpaired) electrons. The Morgan fingerprint density at radius 2 is 2.09 bits per heavy atom. The highest BCUT2D eigenvalue weighted by Gasteiger charge is 2.43. The van der Waals surface area contributed by atoms with Crippen LogP contribution in [-0.2, 0) is 13.2 Å². The van der Waals surface area contributed by atoms with Gasteiger partial charge in [-0.25, -0.2) is 0 Å². The quantitative estimate of drug-likeness (QED) is 0.849. The van der Waals surface area contributed by atoms with Gasteiger partial charge in [0, 0.05) is 13.1 Å². The fourth-order valence-electron chi connectivity index (χ4n) is 4.21. The van der Waals surface area contributed by atoms with Crippen molar-refractivity contribution >= 4 is 21.8 Å². The monoisotopic (exact) mass is 393 g/mol. The standard InChI is InChI=1S/C15H19BrF3N3O/c1-7(10-6-8-3-4-9(10)5-8)20-14(23)12-11(16)13(15(17,18)19)21-22(12)2/h7-10H,3-6H2,1-2H3,(H,20,23)/t7-,8+,9+,10+/m1/s1. The summed E-state index contributed by atoms with van der Waals surface area (Å²) in [5, 5.41) is 6.30. The largest absolute Gasteiger partial charge is 0.436 e. The van der Waals surface area contributed by atoms with E-state index in [1.165, 1.54) is 26.3 Å². The van der Waals surface area contributed by atoms with Crippen LogP contribution in [0.15, 0.2) is 4.47 Å². The first kappa shape index (κ1) is 16.8. The lowest BCUT2D eigenvalue weighted by Gasteiger charge is -2.28. The van der Waals surface area contributed by atoms with Crippen molar-refractivity contribution in [3.8, 4) is 0 Å². The molecule has 8 heteroatoms. The number of rotatable bonds is 3. The van der Waals surface area contributed by atoms with E-state index in [4.69, 9.17) is 0 Å². The van der Waals surface area contributed by atoms with Crippen molar-refractivity contribution in [1.29, 1.82) is 0 Å². The fraction of sp³-hybridized carbons (Fsp3) is 0.733. The van der Waals surface area contributed by atoms with Crippen molar-refractivity contribution in [2.24, 2.45) is 24.8 Å². The molecule has 2 saturated carbocycles. The van der Waals surface area contributed by atoms with Gasteiger partial charge in [0.25, 0.3) is 5.91 Å². The van der Waals surface area contributed by atoms with E-state index in [0.717, 1.165) is 17.0 Å². The van der Waals surface area contributed by atoms with E-state index < -0.39 is 17.8 Å². The number of fused-ring (bicyclic) bond motifs is 2. The summed E-state index contributed by atoms with van der Waals surface area (Å²) in [4.78, 5) is 12.4. The summed E-state index contributed by atoms with van der Waals surface area (Å²) in [5.41, 5.74) is -1.16. The van der Waals surface area contributed by atoms with E-state index in [1.807, 2.05) is 6.92 Å². The van der Waals surface area contributed by atoms with Crippen LogP contribution < -0.4 is 5.32 Å². The molecule has 0 aliphatic heterocycles. The topological polar surface area (TPSA) is 46.9 Å². The highest BCUT2D eigenvalue weighted by molar-refractivity contribution is 9.10. The lowest BCUT2D eigenvalue weighted by atomic mass is 9.84. The van der Waals surface area contributed by atoms with E-state index in [0.29, 0.717) is 11.8 Å². The third-order valence-corrected chi connectivity index (χ3v) is 6.02. The number of alkyl halides is 3. The molecular formula is C15H19BrF3N3O. The third-order valence-electron chi connectivity index (χ3n) is 5.27. The molecule has 0 saturated heterocycles. The zero-order valence-electron chi connectivity index (χ0n) is 13.0. The van der Waals surface area contributed by atoms with Crippen molar-refractivity contribution in [2.45, 2.75) is 44.8 Å². The summed E-state index contributed by atoms with van der Waals surface area (Å²) in [6.45, 7) is 1.94. The Balaban J connectivity index is 1.75. The second kappa shape index (κ2) is 5.79. The number of carbonyl (C=O) groups is 1. The molecule has 4 nitrogen and oxygen atoms in total. The summed E-state index contributed by atoms with van der Waals surface area (Å²) >= 11 is 2.88. The maximum Gasteiger partial charge on any atom is 0.436 e. The summed E-state index contributed by atoms with van der Waals surface area (Å²) < 4.78 is 39.3. The number of aromatic nitrogens is 2. The zero-order chi connectivity index (χ0) is 16.9. The number of aryl methyl sites for hydroxylation is 1. The molecule has 0 unspecified atom stereocenters. The SMILES string of the molecule is C[C@@H](NC(=O)c1c(Br)c(C(F)(F)F)nn1C)[C@@H]1C[C@H]2CC[C@H]1C2. The van der Waals surface area contributed by atoms with Gasteiger partial charge in [-0.15, -0.1) is 0 Å². The molecule has 4 atom stereocenters. The minimum absolute atomic E-state index is 0.0473. The van der Waals surface area contributed by atoms with Gasteiger partial charge in [-0.1, -0.05) is 6.42 Å². The van der Waals surface area contributed by atoms with Crippen LogP contribution in [0.1, 0.15) is 48.8 Å². The molecule has 1 heterocycles. The van der Waals surface area contributed by atoms with Gasteiger partial charge in [-0.05, 0) is 59.9 Å². The minimum atomic E-state index is -4.59. The number of carbonyl (C=O) groups excluding carboxylic acids is 1. The number of nitrogens with one attached hydrogen (secondary N) is 1. The summed E-state index contributed by atoms with van der Waals surface area (Å²) in [6.07, 6.45) is 0.198. The predicted molar refractivity (Wildman–Crippen MR) is 81.8 cm³/mol. The maximum absolute atomic E-state index is 12.9. The predicted octanol–water partition coefficient (Wildman–Crippen LogP) is 3.76. The van der Waals surface area contributed by atoms with Gasteiger partial charge in [0.2, 0.25) is 0 Å². The highest BCUT2D eigenvalue weighted by atomic mass is 79.9. The Morgan fingerprint density at radius 3 is 2.57 bits per heavy atom. The molecule has 3 rings (SSSR count). The van der Waals surface area contributed by atoms with Gasteiger partial charge >= 0.3 is 6.18 Å². The third kappa shape index (κ3) is 3.02. The molecule has 1 N–H and O–H groups in total. The summed E-state index contributed by atoms with van der Waals surface area (Å²) in [5.74, 6) is 1.30. The number of nitrogens with zero attached hydrogens (tertiary/aromatic N) is 2. The van der Waals surface area contributed by atoms with Gasteiger partial charge in [-0.2, -0.15) is 18.3 Å². The number of amides is 1. The Labute approximate surface area is 140 Å². The highest BCUT2D eigenvalue weighted by Crippen LogP contribution is 2.49. The first-order chi connectivity index (χ1) is 10.7. The number of hydrogen-bond acceptors (Lipinski definition) is 2. The van der Waals surface area contributed by atoms with Crippen molar-refractivity contribution in [3.63, 3.8) is 0 Å². The molecule has 2 fully saturated rings. The van der Waals surface area contributed by atoms with Crippen LogP contribution in [0.5, 0.6) is 0 Å². The van der Waals surface area contributed by atoms with Crippen LogP contribution >= 0.6 is 15.9 Å². The van der Waals surface area contributed by atoms with Crippen LogP contribution in [0, 0.1) is 17.8 Å². The van der Waals surface area contributed by atoms with Gasteiger partial charge < -0.3 is 5.32 Å². The molecule has 2 bridgehead atoms. The van der Waals surface area contributed by atoms with E-state index in [-0.39, 0.29) is 16.2 Å². The second-order valence-electron chi connectivity index (χ2n) is 6.73. The second-order valence-corrected chi connectivity index (χ2v) is 7.53. The Hall–Kier alpha value is -1.05. The molecule has 23 heavy (non-hydrogen) atoms. The average molecular weight is 394 g/mol. The van der Waals surface area contributed by atoms with E-state index in [9.17, 15) is 18.0 Å². The first-order valence-electron chi connectivity index (χ1n) is 7.79. The van der Waals surface area contributed by atoms with Gasteiger partial charge in [0.1, 0.15) is 5.69 Å². The van der Waals surface area contributed by atoms with Crippen molar-refractivity contribution in [1.82, 2.24) is 15.1 Å². The smallest absolute Gasteiger partial charge is 0.348 e. The molecule has 2 aliphatic carbocycles. The molecular weight excluding hydrogens is 375 g/mol. The van der Waals surface area contributed by atoms with E-state index in [2.05, 4.69) is 26.3 Å². The summed E-state index contributed by atoms with van der Waals surface area (Å²) in [6, 6.07) is -0.0473. The van der Waals surface area contributed by atoms with E-state index in [1.54, 1.807) is 0 Å². The van der Waals surface area contributed by atoms with Crippen LogP contribution in [0.3, 0.4) is 0 Å². The molecule has 1 amide bonds. The lowest BCUT2D eigenvalue weighted by Crippen LogP contribution is -2.40. The maximum atomic E-state index is 12.9. The Bertz CT molecular complexity index is 628. The molecule has 2 aliphatic rings. The Morgan fingerprint density at radius 1 is 1.39 bits per heavy atom. The zero-order valence-corrected chi connectivity index (χ0v) is 14.5. The van der Waals surface area contributed by atoms with Crippen LogP contribution in [-0.4, -0.2) is 21.7 Å². The Kier molecular flexibility index (Phi) is 4.23. The lowest BCUT2D eigenvalue weighted by molar-refractivity contribution is -0.142. The number of halogens is 4. The molecule has 1 aromatic rings. The average Bonchev–Trinajstić information content (AvgIpc) is 3.12. The minimum Gasteiger partial charge on any atom is -0.348 e. The van der Waals surface area contributed by atoms with Gasteiger partial charge in [-0.3, -0.25) is 9.48 Å². The van der Waals surface area contributed by atoms with Gasteiger partial charge in [0.05, 0.1) is 4.47 Å². The molecule has 1 aromatic heterocycles. The van der Waals surface area contributed by atoms with Crippen molar-refractivity contribution < 1.29 is 18.0 Å². The fourth-order valence-corrected chi connectivity index (χ4v) is 4.96. The van der Waals surface area contributed by atoms with Crippen molar-refractivity contribution in [3.05, 3.63) is 15.9 Å². The van der Waals surface area contributed by atoms with Crippen LogP contribution in [0.25, 0.3) is 0 Å². The summed E-state index contributed by atoms with van der Waals surface area (Å²) in [7, 11) is 1.34. The van der Waals surface area contributed by atoms with Crippen molar-refractivity contribution in [2.75, 3.05) is 0 Å². The molecule has 0 spiro atoms. The number of hydrogen-bond donors (Lipinski definition) is 1. The molecule has 128 valence electrons. The molecule has 0 aromatic carbocycles. The van der Waals surface area contributed by atoms with E-state index >= 15 is 0 Å².